The number of nitrogens with zero attached hydrogens (tertiary/aromatic N) is 5. The zero-order chi connectivity index (χ0) is 16.2. The number of aromatic nitrogens is 5. The molecule has 3 heterocycles. The van der Waals surface area contributed by atoms with Crippen molar-refractivity contribution in [2.24, 2.45) is 5.41 Å². The minimum atomic E-state index is -0.255. The first-order valence-corrected chi connectivity index (χ1v) is 7.94. The number of anilines is 1. The molecular formula is C16H20N6O. The highest BCUT2D eigenvalue weighted by molar-refractivity contribution is 5.99. The van der Waals surface area contributed by atoms with Crippen LogP contribution in [0.1, 0.15) is 45.3 Å². The standard InChI is InChI=1S/C16H20N6O/c1-4-21-11(5-6-18-21)14-13-10(7-16(2,3)8-12(13)23)20-15-17-9-19-22(14)15/h5-6,9,14H,4,7-8H2,1-3H3,(H,17,19,20). The fourth-order valence-electron chi connectivity index (χ4n) is 3.66. The third kappa shape index (κ3) is 2.10. The summed E-state index contributed by atoms with van der Waals surface area (Å²) in [6, 6.07) is 1.71. The fraction of sp³-hybridized carbons (Fsp3) is 0.500. The topological polar surface area (TPSA) is 77.6 Å². The number of carbonyl (C=O) groups is 1. The van der Waals surface area contributed by atoms with Gasteiger partial charge in [0.15, 0.2) is 5.78 Å². The highest BCUT2D eigenvalue weighted by Crippen LogP contribution is 2.44. The van der Waals surface area contributed by atoms with Gasteiger partial charge in [-0.05, 0) is 24.8 Å². The number of allylic oxidation sites excluding steroid dienone is 2. The molecule has 1 N–H and O–H groups in total. The SMILES string of the molecule is CCn1nccc1C1C2=C(CC(C)(C)CC2=O)Nc2ncnn21. The summed E-state index contributed by atoms with van der Waals surface area (Å²) in [4.78, 5) is 17.2. The van der Waals surface area contributed by atoms with Crippen molar-refractivity contribution in [2.45, 2.75) is 46.2 Å². The number of ketones is 1. The van der Waals surface area contributed by atoms with Crippen LogP contribution in [0.25, 0.3) is 0 Å². The van der Waals surface area contributed by atoms with E-state index in [1.165, 1.54) is 6.33 Å². The van der Waals surface area contributed by atoms with Crippen LogP contribution in [-0.2, 0) is 11.3 Å². The van der Waals surface area contributed by atoms with Gasteiger partial charge < -0.3 is 5.32 Å². The zero-order valence-corrected chi connectivity index (χ0v) is 13.6. The quantitative estimate of drug-likeness (QED) is 0.919. The van der Waals surface area contributed by atoms with E-state index >= 15 is 0 Å². The Balaban J connectivity index is 1.92. The Morgan fingerprint density at radius 3 is 2.96 bits per heavy atom. The summed E-state index contributed by atoms with van der Waals surface area (Å²) in [5.74, 6) is 0.863. The predicted molar refractivity (Wildman–Crippen MR) is 84.7 cm³/mol. The Hall–Kier alpha value is -2.44. The first kappa shape index (κ1) is 14.2. The lowest BCUT2D eigenvalue weighted by Crippen LogP contribution is -2.37. The second kappa shape index (κ2) is 4.78. The Kier molecular flexibility index (Phi) is 2.94. The second-order valence-electron chi connectivity index (χ2n) is 6.96. The van der Waals surface area contributed by atoms with Gasteiger partial charge in [-0.1, -0.05) is 13.8 Å². The van der Waals surface area contributed by atoms with Crippen LogP contribution in [0, 0.1) is 5.41 Å². The molecule has 0 spiro atoms. The van der Waals surface area contributed by atoms with Gasteiger partial charge in [-0.2, -0.15) is 15.2 Å². The Labute approximate surface area is 134 Å². The third-order valence-electron chi connectivity index (χ3n) is 4.60. The highest BCUT2D eigenvalue weighted by Gasteiger charge is 2.42. The summed E-state index contributed by atoms with van der Waals surface area (Å²) in [7, 11) is 0. The molecule has 0 bridgehead atoms. The number of rotatable bonds is 2. The number of Topliss-reactive ketones (excluding diaryl/α,β-unsaturated/α-hetero) is 1. The second-order valence-corrected chi connectivity index (χ2v) is 6.96. The first-order chi connectivity index (χ1) is 11.0. The molecule has 0 amide bonds. The molecule has 0 saturated heterocycles. The van der Waals surface area contributed by atoms with Crippen LogP contribution in [0.2, 0.25) is 0 Å². The van der Waals surface area contributed by atoms with Crippen LogP contribution >= 0.6 is 0 Å². The molecule has 23 heavy (non-hydrogen) atoms. The maximum atomic E-state index is 12.9. The molecule has 1 aliphatic heterocycles. The van der Waals surface area contributed by atoms with Crippen LogP contribution in [0.15, 0.2) is 29.9 Å². The van der Waals surface area contributed by atoms with Crippen molar-refractivity contribution in [3.63, 3.8) is 0 Å². The van der Waals surface area contributed by atoms with E-state index in [2.05, 4.69) is 34.3 Å². The minimum Gasteiger partial charge on any atom is -0.328 e. The van der Waals surface area contributed by atoms with E-state index in [0.717, 1.165) is 29.9 Å². The van der Waals surface area contributed by atoms with Gasteiger partial charge in [0.05, 0.1) is 5.69 Å². The highest BCUT2D eigenvalue weighted by atomic mass is 16.1. The van der Waals surface area contributed by atoms with Gasteiger partial charge >= 0.3 is 0 Å². The summed E-state index contributed by atoms with van der Waals surface area (Å²) < 4.78 is 3.71. The molecule has 7 nitrogen and oxygen atoms in total. The van der Waals surface area contributed by atoms with Crippen LogP contribution in [0.5, 0.6) is 0 Å². The zero-order valence-electron chi connectivity index (χ0n) is 13.6. The first-order valence-electron chi connectivity index (χ1n) is 7.94. The molecule has 0 fully saturated rings. The number of nitrogens with one attached hydrogen (secondary N) is 1. The molecule has 4 rings (SSSR count). The van der Waals surface area contributed by atoms with Crippen molar-refractivity contribution in [2.75, 3.05) is 5.32 Å². The van der Waals surface area contributed by atoms with E-state index in [0.29, 0.717) is 12.4 Å². The Morgan fingerprint density at radius 2 is 2.17 bits per heavy atom. The van der Waals surface area contributed by atoms with Gasteiger partial charge in [-0.15, -0.1) is 0 Å². The number of aryl methyl sites for hydroxylation is 1. The van der Waals surface area contributed by atoms with Crippen molar-refractivity contribution < 1.29 is 4.79 Å². The van der Waals surface area contributed by atoms with E-state index in [-0.39, 0.29) is 17.2 Å². The van der Waals surface area contributed by atoms with E-state index in [1.807, 2.05) is 17.7 Å². The van der Waals surface area contributed by atoms with Gasteiger partial charge in [0.2, 0.25) is 5.95 Å². The lowest BCUT2D eigenvalue weighted by molar-refractivity contribution is -0.118. The van der Waals surface area contributed by atoms with Gasteiger partial charge in [0, 0.05) is 30.4 Å². The average molecular weight is 312 g/mol. The lowest BCUT2D eigenvalue weighted by atomic mass is 9.73. The van der Waals surface area contributed by atoms with Crippen molar-refractivity contribution in [3.05, 3.63) is 35.6 Å². The molecule has 0 radical (unpaired) electrons. The minimum absolute atomic E-state index is 0.0410. The Bertz CT molecular complexity index is 812. The molecule has 0 aromatic carbocycles. The maximum absolute atomic E-state index is 12.9. The maximum Gasteiger partial charge on any atom is 0.226 e. The number of carbonyl (C=O) groups excluding carboxylic acids is 1. The number of hydrogen-bond acceptors (Lipinski definition) is 5. The summed E-state index contributed by atoms with van der Waals surface area (Å²) in [6.45, 7) is 7.04. The lowest BCUT2D eigenvalue weighted by Gasteiger charge is -2.38. The van der Waals surface area contributed by atoms with Crippen LogP contribution in [0.4, 0.5) is 5.95 Å². The van der Waals surface area contributed by atoms with Crippen molar-refractivity contribution in [1.29, 1.82) is 0 Å². The summed E-state index contributed by atoms with van der Waals surface area (Å²) in [6.07, 6.45) is 4.68. The molecule has 1 atom stereocenters. The van der Waals surface area contributed by atoms with Gasteiger partial charge in [0.1, 0.15) is 12.4 Å². The molecule has 7 heteroatoms. The van der Waals surface area contributed by atoms with E-state index in [1.54, 1.807) is 10.9 Å². The molecule has 2 aromatic heterocycles. The normalized spacial score (nSPS) is 22.6. The van der Waals surface area contributed by atoms with Crippen LogP contribution < -0.4 is 5.32 Å². The average Bonchev–Trinajstić information content (AvgIpc) is 3.11. The van der Waals surface area contributed by atoms with E-state index < -0.39 is 0 Å². The summed E-state index contributed by atoms with van der Waals surface area (Å²) >= 11 is 0. The van der Waals surface area contributed by atoms with Crippen LogP contribution in [-0.4, -0.2) is 30.3 Å². The summed E-state index contributed by atoms with van der Waals surface area (Å²) in [5, 5.41) is 12.0. The van der Waals surface area contributed by atoms with Crippen molar-refractivity contribution >= 4 is 11.7 Å². The predicted octanol–water partition coefficient (Wildman–Crippen LogP) is 2.15. The number of hydrogen-bond donors (Lipinski definition) is 1. The largest absolute Gasteiger partial charge is 0.328 e. The van der Waals surface area contributed by atoms with Crippen molar-refractivity contribution in [3.8, 4) is 0 Å². The molecule has 2 aromatic rings. The Morgan fingerprint density at radius 1 is 1.35 bits per heavy atom. The smallest absolute Gasteiger partial charge is 0.226 e. The monoisotopic (exact) mass is 312 g/mol. The molecule has 1 unspecified atom stereocenters. The van der Waals surface area contributed by atoms with E-state index in [9.17, 15) is 4.79 Å². The van der Waals surface area contributed by atoms with Gasteiger partial charge in [0.25, 0.3) is 0 Å². The van der Waals surface area contributed by atoms with Gasteiger partial charge in [-0.3, -0.25) is 9.48 Å². The molecule has 120 valence electrons. The summed E-state index contributed by atoms with van der Waals surface area (Å²) in [5.41, 5.74) is 2.71. The molecule has 2 aliphatic rings. The van der Waals surface area contributed by atoms with Crippen LogP contribution in [0.3, 0.4) is 0 Å². The third-order valence-corrected chi connectivity index (χ3v) is 4.60. The van der Waals surface area contributed by atoms with Gasteiger partial charge in [-0.25, -0.2) is 4.68 Å². The number of fused-ring (bicyclic) bond motifs is 1. The molecule has 0 saturated carbocycles. The molecular weight excluding hydrogens is 292 g/mol. The van der Waals surface area contributed by atoms with E-state index in [4.69, 9.17) is 0 Å². The molecule has 1 aliphatic carbocycles. The van der Waals surface area contributed by atoms with Crippen molar-refractivity contribution in [1.82, 2.24) is 24.5 Å². The fourth-order valence-corrected chi connectivity index (χ4v) is 3.66.